The first kappa shape index (κ1) is 9.92. The van der Waals surface area contributed by atoms with Crippen LogP contribution in [0.1, 0.15) is 40.5 Å². The van der Waals surface area contributed by atoms with Gasteiger partial charge in [-0.3, -0.25) is 5.32 Å². The Morgan fingerprint density at radius 1 is 1.50 bits per heavy atom. The second kappa shape index (κ2) is 3.94. The lowest BCUT2D eigenvalue weighted by atomic mass is 9.99. The molecule has 2 nitrogen and oxygen atoms in total. The van der Waals surface area contributed by atoms with E-state index in [1.165, 1.54) is 0 Å². The van der Waals surface area contributed by atoms with Gasteiger partial charge in [-0.2, -0.15) is 0 Å². The maximum Gasteiger partial charge on any atom is 0.102 e. The minimum Gasteiger partial charge on any atom is -0.379 e. The summed E-state index contributed by atoms with van der Waals surface area (Å²) >= 11 is 0. The molecule has 10 heavy (non-hydrogen) atoms. The third kappa shape index (κ3) is 4.77. The third-order valence-corrected chi connectivity index (χ3v) is 1.47. The van der Waals surface area contributed by atoms with Gasteiger partial charge in [-0.25, -0.2) is 0 Å². The molecule has 0 bridgehead atoms. The molecule has 0 aliphatic rings. The zero-order chi connectivity index (χ0) is 8.20. The van der Waals surface area contributed by atoms with E-state index in [1.54, 1.807) is 6.92 Å². The van der Waals surface area contributed by atoms with Crippen molar-refractivity contribution in [2.75, 3.05) is 0 Å². The number of hydrogen-bond acceptors (Lipinski definition) is 2. The van der Waals surface area contributed by atoms with E-state index < -0.39 is 6.23 Å². The van der Waals surface area contributed by atoms with E-state index in [1.807, 2.05) is 0 Å². The minimum atomic E-state index is -0.401. The van der Waals surface area contributed by atoms with E-state index in [4.69, 9.17) is 5.11 Å². The molecule has 0 rings (SSSR count). The SMILES string of the molecule is CCCC(C)(C)NC(C)O. The monoisotopic (exact) mass is 145 g/mol. The van der Waals surface area contributed by atoms with E-state index in [2.05, 4.69) is 26.1 Å². The lowest BCUT2D eigenvalue weighted by molar-refractivity contribution is 0.114. The maximum absolute atomic E-state index is 9.00. The second-order valence-corrected chi connectivity index (χ2v) is 3.45. The molecule has 0 aromatic rings. The first-order chi connectivity index (χ1) is 4.48. The van der Waals surface area contributed by atoms with Gasteiger partial charge in [0.05, 0.1) is 0 Å². The lowest BCUT2D eigenvalue weighted by Gasteiger charge is -2.27. The molecule has 0 saturated heterocycles. The number of nitrogens with one attached hydrogen (secondary N) is 1. The van der Waals surface area contributed by atoms with E-state index in [9.17, 15) is 0 Å². The quantitative estimate of drug-likeness (QED) is 0.587. The molecule has 0 aromatic heterocycles. The average molecular weight is 145 g/mol. The first-order valence-corrected chi connectivity index (χ1v) is 3.93. The van der Waals surface area contributed by atoms with Crippen molar-refractivity contribution < 1.29 is 5.11 Å². The number of aliphatic hydroxyl groups excluding tert-OH is 1. The van der Waals surface area contributed by atoms with Crippen LogP contribution in [0.4, 0.5) is 0 Å². The Labute approximate surface area is 63.6 Å². The van der Waals surface area contributed by atoms with Crippen LogP contribution in [0, 0.1) is 0 Å². The van der Waals surface area contributed by atoms with Crippen molar-refractivity contribution in [2.24, 2.45) is 0 Å². The van der Waals surface area contributed by atoms with Gasteiger partial charge in [0, 0.05) is 5.54 Å². The van der Waals surface area contributed by atoms with E-state index in [0.29, 0.717) is 0 Å². The molecule has 62 valence electrons. The third-order valence-electron chi connectivity index (χ3n) is 1.47. The van der Waals surface area contributed by atoms with Crippen molar-refractivity contribution in [1.29, 1.82) is 0 Å². The molecule has 0 spiro atoms. The normalized spacial score (nSPS) is 15.3. The molecule has 0 radical (unpaired) electrons. The van der Waals surface area contributed by atoms with Gasteiger partial charge in [0.25, 0.3) is 0 Å². The average Bonchev–Trinajstić information content (AvgIpc) is 1.59. The standard InChI is InChI=1S/C8H19NO/c1-5-6-8(3,4)9-7(2)10/h7,9-10H,5-6H2,1-4H3. The molecule has 0 heterocycles. The highest BCUT2D eigenvalue weighted by molar-refractivity contribution is 4.76. The molecule has 0 aliphatic heterocycles. The summed E-state index contributed by atoms with van der Waals surface area (Å²) in [6, 6.07) is 0. The highest BCUT2D eigenvalue weighted by Crippen LogP contribution is 2.10. The Morgan fingerprint density at radius 3 is 2.30 bits per heavy atom. The molecule has 2 heteroatoms. The molecular formula is C8H19NO. The van der Waals surface area contributed by atoms with Gasteiger partial charge in [0.2, 0.25) is 0 Å². The largest absolute Gasteiger partial charge is 0.379 e. The Kier molecular flexibility index (Phi) is 3.91. The molecule has 0 fully saturated rings. The zero-order valence-corrected chi connectivity index (χ0v) is 7.44. The topological polar surface area (TPSA) is 32.3 Å². The van der Waals surface area contributed by atoms with Crippen LogP contribution < -0.4 is 5.32 Å². The summed E-state index contributed by atoms with van der Waals surface area (Å²) in [5.74, 6) is 0. The molecule has 1 unspecified atom stereocenters. The van der Waals surface area contributed by atoms with E-state index in [0.717, 1.165) is 12.8 Å². The van der Waals surface area contributed by atoms with Gasteiger partial charge < -0.3 is 5.11 Å². The van der Waals surface area contributed by atoms with Crippen molar-refractivity contribution in [1.82, 2.24) is 5.32 Å². The van der Waals surface area contributed by atoms with Gasteiger partial charge in [0.15, 0.2) is 0 Å². The maximum atomic E-state index is 9.00. The van der Waals surface area contributed by atoms with Crippen LogP contribution in [0.5, 0.6) is 0 Å². The smallest absolute Gasteiger partial charge is 0.102 e. The van der Waals surface area contributed by atoms with Gasteiger partial charge >= 0.3 is 0 Å². The molecule has 1 atom stereocenters. The predicted molar refractivity (Wildman–Crippen MR) is 43.8 cm³/mol. The number of hydrogen-bond donors (Lipinski definition) is 2. The predicted octanol–water partition coefficient (Wildman–Crippen LogP) is 1.49. The van der Waals surface area contributed by atoms with Crippen LogP contribution in [-0.4, -0.2) is 16.9 Å². The van der Waals surface area contributed by atoms with Gasteiger partial charge in [-0.05, 0) is 27.2 Å². The van der Waals surface area contributed by atoms with Crippen LogP contribution in [0.15, 0.2) is 0 Å². The molecule has 0 aromatic carbocycles. The highest BCUT2D eigenvalue weighted by Gasteiger charge is 2.16. The molecule has 2 N–H and O–H groups in total. The summed E-state index contributed by atoms with van der Waals surface area (Å²) in [4.78, 5) is 0. The molecule has 0 aliphatic carbocycles. The summed E-state index contributed by atoms with van der Waals surface area (Å²) in [7, 11) is 0. The van der Waals surface area contributed by atoms with E-state index >= 15 is 0 Å². The van der Waals surface area contributed by atoms with Crippen LogP contribution in [0.3, 0.4) is 0 Å². The molecule has 0 amide bonds. The van der Waals surface area contributed by atoms with Crippen molar-refractivity contribution >= 4 is 0 Å². The highest BCUT2D eigenvalue weighted by atomic mass is 16.3. The minimum absolute atomic E-state index is 0.0723. The summed E-state index contributed by atoms with van der Waals surface area (Å²) in [6.07, 6.45) is 1.84. The van der Waals surface area contributed by atoms with Gasteiger partial charge in [-0.1, -0.05) is 13.3 Å². The Morgan fingerprint density at radius 2 is 2.00 bits per heavy atom. The summed E-state index contributed by atoms with van der Waals surface area (Å²) in [6.45, 7) is 8.09. The van der Waals surface area contributed by atoms with Crippen molar-refractivity contribution in [3.05, 3.63) is 0 Å². The van der Waals surface area contributed by atoms with Crippen LogP contribution in [0.2, 0.25) is 0 Å². The van der Waals surface area contributed by atoms with Crippen LogP contribution >= 0.6 is 0 Å². The first-order valence-electron chi connectivity index (χ1n) is 3.93. The Hall–Kier alpha value is -0.0800. The fourth-order valence-electron chi connectivity index (χ4n) is 1.26. The molecule has 0 saturated carbocycles. The fraction of sp³-hybridized carbons (Fsp3) is 1.00. The lowest BCUT2D eigenvalue weighted by Crippen LogP contribution is -2.44. The van der Waals surface area contributed by atoms with Gasteiger partial charge in [-0.15, -0.1) is 0 Å². The second-order valence-electron chi connectivity index (χ2n) is 3.45. The number of aliphatic hydroxyl groups is 1. The summed E-state index contributed by atoms with van der Waals surface area (Å²) in [5, 5.41) is 12.1. The van der Waals surface area contributed by atoms with Crippen molar-refractivity contribution in [3.8, 4) is 0 Å². The Bertz CT molecular complexity index is 89.3. The van der Waals surface area contributed by atoms with E-state index in [-0.39, 0.29) is 5.54 Å². The molecular weight excluding hydrogens is 126 g/mol. The van der Waals surface area contributed by atoms with Crippen molar-refractivity contribution in [2.45, 2.75) is 52.3 Å². The van der Waals surface area contributed by atoms with Crippen LogP contribution in [0.25, 0.3) is 0 Å². The van der Waals surface area contributed by atoms with Crippen molar-refractivity contribution in [3.63, 3.8) is 0 Å². The van der Waals surface area contributed by atoms with Gasteiger partial charge in [0.1, 0.15) is 6.23 Å². The zero-order valence-electron chi connectivity index (χ0n) is 7.44. The summed E-state index contributed by atoms with van der Waals surface area (Å²) in [5.41, 5.74) is 0.0723. The summed E-state index contributed by atoms with van der Waals surface area (Å²) < 4.78 is 0. The number of rotatable bonds is 4. The fourth-order valence-corrected chi connectivity index (χ4v) is 1.26. The Balaban J connectivity index is 3.63. The van der Waals surface area contributed by atoms with Crippen LogP contribution in [-0.2, 0) is 0 Å².